The third-order valence-corrected chi connectivity index (χ3v) is 24.3. The van der Waals surface area contributed by atoms with Crippen LogP contribution in [0.4, 0.5) is 10.5 Å². The van der Waals surface area contributed by atoms with Crippen molar-refractivity contribution in [3.63, 3.8) is 0 Å². The summed E-state index contributed by atoms with van der Waals surface area (Å²) < 4.78 is 33.7. The van der Waals surface area contributed by atoms with Crippen LogP contribution in [0.15, 0.2) is 54.7 Å². The number of cyclic esters (lactones) is 1. The van der Waals surface area contributed by atoms with E-state index in [1.54, 1.807) is 51.2 Å². The molecule has 5 fully saturated rings. The number of aromatic nitrogens is 1. The van der Waals surface area contributed by atoms with Gasteiger partial charge in [-0.15, -0.1) is 0 Å². The molecule has 1 aromatic heterocycles. The van der Waals surface area contributed by atoms with Crippen LogP contribution in [-0.4, -0.2) is 290 Å². The summed E-state index contributed by atoms with van der Waals surface area (Å²) >= 11 is 0. The quantitative estimate of drug-likeness (QED) is 0.00948. The number of H-pyrrole nitrogens is 1. The molecule has 53 heteroatoms. The van der Waals surface area contributed by atoms with Crippen LogP contribution in [0.5, 0.6) is 0 Å². The smallest absolute Gasteiger partial charge is 0.407 e. The van der Waals surface area contributed by atoms with Gasteiger partial charge in [-0.25, -0.2) is 50.9 Å². The highest BCUT2D eigenvalue weighted by Gasteiger charge is 2.43. The molecular weight excluding hydrogens is 1970 g/mol. The number of hydroxylamine groups is 4. The Hall–Kier alpha value is -13.7. The van der Waals surface area contributed by atoms with Gasteiger partial charge in [0.25, 0.3) is 0 Å². The number of benzene rings is 2. The Labute approximate surface area is 865 Å². The van der Waals surface area contributed by atoms with E-state index in [0.717, 1.165) is 46.0 Å². The van der Waals surface area contributed by atoms with E-state index >= 15 is 28.8 Å². The summed E-state index contributed by atoms with van der Waals surface area (Å²) in [6, 6.07) is -10.5. The second kappa shape index (κ2) is 63.3. The number of rotatable bonds is 44. The summed E-state index contributed by atoms with van der Waals surface area (Å²) in [5, 5.41) is 44.5. The summed E-state index contributed by atoms with van der Waals surface area (Å²) in [5.74, 6) is -26.7. The van der Waals surface area contributed by atoms with Gasteiger partial charge in [-0.1, -0.05) is 82.7 Å². The van der Waals surface area contributed by atoms with Gasteiger partial charge in [-0.05, 0) is 135 Å². The van der Waals surface area contributed by atoms with Crippen LogP contribution in [0.3, 0.4) is 0 Å². The lowest BCUT2D eigenvalue weighted by molar-refractivity contribution is -0.200. The number of ketones is 1. The van der Waals surface area contributed by atoms with Gasteiger partial charge in [0.15, 0.2) is 30.9 Å². The Bertz CT molecular complexity index is 5080. The van der Waals surface area contributed by atoms with Crippen molar-refractivity contribution in [3.8, 4) is 0 Å². The van der Waals surface area contributed by atoms with E-state index in [-0.39, 0.29) is 69.9 Å². The van der Waals surface area contributed by atoms with Crippen molar-refractivity contribution < 1.29 is 154 Å². The molecule has 0 saturated carbocycles. The van der Waals surface area contributed by atoms with Crippen molar-refractivity contribution in [1.29, 1.82) is 0 Å². The van der Waals surface area contributed by atoms with Crippen LogP contribution in [0, 0.1) is 5.92 Å². The van der Waals surface area contributed by atoms with E-state index in [2.05, 4.69) is 108 Å². The van der Waals surface area contributed by atoms with Crippen molar-refractivity contribution in [2.45, 2.75) is 338 Å². The van der Waals surface area contributed by atoms with Crippen molar-refractivity contribution in [3.05, 3.63) is 65.9 Å². The molecule has 3 aromatic rings. The number of carbonyl (C=O) groups is 21. The number of alkyl carbamates (subject to hydrolysis) is 1. The monoisotopic (exact) mass is 2120 g/mol. The number of anilines is 1. The number of ether oxygens (including phenoxy) is 6. The third kappa shape index (κ3) is 43.5. The van der Waals surface area contributed by atoms with Crippen molar-refractivity contribution in [1.82, 2.24) is 101 Å². The van der Waals surface area contributed by atoms with E-state index < -0.39 is 298 Å². The molecule has 830 valence electrons. The average Bonchev–Trinajstić information content (AvgIpc) is 1.67. The van der Waals surface area contributed by atoms with Crippen LogP contribution in [0.2, 0.25) is 0 Å². The van der Waals surface area contributed by atoms with E-state index in [0.29, 0.717) is 99.9 Å². The van der Waals surface area contributed by atoms with Gasteiger partial charge in [0.2, 0.25) is 106 Å². The highest BCUT2D eigenvalue weighted by molar-refractivity contribution is 6.05. The number of para-hydroxylation sites is 2. The number of nitrogens with one attached hydrogen (secondary N) is 19. The van der Waals surface area contributed by atoms with Gasteiger partial charge < -0.3 is 124 Å². The van der Waals surface area contributed by atoms with Gasteiger partial charge in [-0.2, -0.15) is 0 Å². The first-order valence-corrected chi connectivity index (χ1v) is 50.7. The van der Waals surface area contributed by atoms with Gasteiger partial charge in [0, 0.05) is 113 Å². The molecule has 0 radical (unpaired) electrons. The Morgan fingerprint density at radius 1 is 0.493 bits per heavy atom. The number of Topliss-reactive ketones (excluding diaryl/α,β-unsaturated/α-hetero) is 1. The second-order valence-corrected chi connectivity index (χ2v) is 38.1. The number of fused-ring (bicyclic) bond motifs is 1. The highest BCUT2D eigenvalue weighted by Crippen LogP contribution is 2.25. The summed E-state index contributed by atoms with van der Waals surface area (Å²) in [7, 11) is 0. The number of hydrogen-bond donors (Lipinski definition) is 22. The minimum absolute atomic E-state index is 0.0255. The topological polar surface area (TPSA) is 755 Å². The molecule has 0 aliphatic carbocycles. The zero-order valence-electron chi connectivity index (χ0n) is 85.4. The molecule has 2 aromatic carbocycles. The minimum atomic E-state index is -2.49. The first-order valence-electron chi connectivity index (χ1n) is 50.7. The SMILES string of the molecule is CCCCCCCCCC(=O)N[C@@H](Cc1c[nH]c2ccccc12)C(=O)N[C@H](CC(N)=O)C(=O)N[C@@H](CC(=O)NOC1CCCCO1)C(=O)N[C@@H]1C(=O)NCC(=O)N[C@@H](CCCNC(=O)OC(C)(C)C)C(=O)N[C@@H](CC(=O)NOC2CCCCO2)C(=O)N[C@H](C)C(=O)N[C@@H](CC(=O)NOC2CCCCO2)C(=O)NCC(=O)N[C@H](CO)C(=O)N[C@@H]([C@H](C)CC(=O)NOC2CCCCO2)C(=O)N[C@@H](CC(=O)c2ccccc2N)C(=O)O[C@@H]1C. The van der Waals surface area contributed by atoms with Crippen molar-refractivity contribution >= 4 is 141 Å². The molecule has 6 heterocycles. The number of amides is 19. The summed E-state index contributed by atoms with van der Waals surface area (Å²) in [5.41, 5.74) is 20.4. The lowest BCUT2D eigenvalue weighted by Gasteiger charge is -2.30. The number of nitrogens with two attached hydrogens (primary N) is 2. The average molecular weight is 2120 g/mol. The molecule has 19 amide bonds. The Balaban J connectivity index is 1.23. The van der Waals surface area contributed by atoms with Gasteiger partial charge in [0.05, 0.1) is 45.4 Å². The molecule has 0 bridgehead atoms. The predicted molar refractivity (Wildman–Crippen MR) is 526 cm³/mol. The van der Waals surface area contributed by atoms with Crippen LogP contribution in [0.25, 0.3) is 10.9 Å². The fourth-order valence-electron chi connectivity index (χ4n) is 16.2. The summed E-state index contributed by atoms with van der Waals surface area (Å²) in [6.45, 7) is 6.90. The molecule has 5 aliphatic rings. The third-order valence-electron chi connectivity index (χ3n) is 24.3. The van der Waals surface area contributed by atoms with E-state index in [4.69, 9.17) is 59.2 Å². The number of aliphatic hydroxyl groups excluding tert-OH is 1. The molecule has 4 unspecified atom stereocenters. The minimum Gasteiger partial charge on any atom is -0.458 e. The molecular formula is C97H145N21O32. The number of esters is 1. The van der Waals surface area contributed by atoms with Gasteiger partial charge in [-0.3, -0.25) is 91.1 Å². The molecule has 53 nitrogen and oxygen atoms in total. The first kappa shape index (κ1) is 121. The number of hydrogen-bond acceptors (Lipinski definition) is 33. The van der Waals surface area contributed by atoms with Crippen LogP contribution in [0.1, 0.15) is 244 Å². The molecule has 150 heavy (non-hydrogen) atoms. The lowest BCUT2D eigenvalue weighted by atomic mass is 9.95. The standard InChI is InChI=1S/C97H145N21O32/c1-8-9-10-11-12-13-14-33-72(122)106-63(44-57-50-101-61-31-18-16-28-58(57)61)89(133)109-64(46-71(99)121)90(134)111-67(49-76(126)118-150-82-37-22-26-42-144-82)91(135)114-84-56(4)145-95(139)68(45-70(120)59-29-15-17-30-60(59)98)112-94(138)83(54(2)43-73(123)115-147-79-34-19-23-39-141-79)113-92(136)69(53-119)107-78(128)51-102-86(130)65(47-74(124)116-148-80-35-20-24-40-142-80)108-85(129)55(3)104-88(132)66(48-75(125)117-149-81-36-21-25-41-143-81)110-87(131)62(105-77(127)52-103-93(84)137)32-27-38-100-96(140)146-97(5,6)7/h15-18,28-31,50,54-56,62-69,79-84,101,119H,8-14,19-27,32-49,51-53,98H2,1-7H3,(H2,99,121)(H,100,140)(H,102,130)(H,103,137)(H,104,132)(H,105,127)(H,106,122)(H,107,128)(H,108,129)(H,109,133)(H,110,131)(H,111,134)(H,112,138)(H,113,136)(H,114,135)(H,115,123)(H,116,124)(H,117,125)(H,118,126)/t54-,55-,56-,62+,63+,64-,65+,66+,67+,68+,69-,79?,80?,81?,82?,83+,84+/m1/s1. The van der Waals surface area contributed by atoms with E-state index in [9.17, 15) is 77.0 Å². The lowest BCUT2D eigenvalue weighted by Crippen LogP contribution is -2.62. The maximum absolute atomic E-state index is 15.7. The molecule has 5 saturated heterocycles. The molecule has 24 N–H and O–H groups in total. The van der Waals surface area contributed by atoms with E-state index in [1.807, 2.05) is 0 Å². The van der Waals surface area contributed by atoms with E-state index in [1.165, 1.54) is 31.2 Å². The molecule has 8 rings (SSSR count). The fourth-order valence-corrected chi connectivity index (χ4v) is 16.2. The zero-order valence-corrected chi connectivity index (χ0v) is 85.4. The van der Waals surface area contributed by atoms with Crippen molar-refractivity contribution in [2.24, 2.45) is 11.7 Å². The summed E-state index contributed by atoms with van der Waals surface area (Å²) in [6.07, 6.45) is -0.536. The second-order valence-electron chi connectivity index (χ2n) is 38.1. The largest absolute Gasteiger partial charge is 0.458 e. The Morgan fingerprint density at radius 3 is 1.54 bits per heavy atom. The maximum atomic E-state index is 15.7. The Kier molecular flexibility index (Phi) is 51.3. The number of carbonyl (C=O) groups excluding carboxylic acids is 21. The molecule has 17 atom stereocenters. The van der Waals surface area contributed by atoms with Crippen LogP contribution >= 0.6 is 0 Å². The van der Waals surface area contributed by atoms with Crippen LogP contribution in [-0.2, 0) is 145 Å². The first-order chi connectivity index (χ1) is 71.6. The number of unbranched alkanes of at least 4 members (excludes halogenated alkanes) is 6. The molecule has 0 spiro atoms. The van der Waals surface area contributed by atoms with Gasteiger partial charge in [0.1, 0.15) is 78.2 Å². The normalized spacial score (nSPS) is 23.4. The Morgan fingerprint density at radius 2 is 0.987 bits per heavy atom. The maximum Gasteiger partial charge on any atom is 0.407 e. The highest BCUT2D eigenvalue weighted by atomic mass is 16.8. The number of aromatic amines is 1. The zero-order chi connectivity index (χ0) is 109. The predicted octanol–water partition coefficient (Wildman–Crippen LogP) is -2.10. The van der Waals surface area contributed by atoms with Crippen molar-refractivity contribution in [2.75, 3.05) is 58.4 Å². The number of nitrogen functional groups attached to an aromatic ring is 1. The number of aliphatic hydroxyl groups is 1. The van der Waals surface area contributed by atoms with Crippen LogP contribution < -0.4 is 108 Å². The van der Waals surface area contributed by atoms with Gasteiger partial charge >= 0.3 is 12.1 Å². The fraction of sp³-hybridized carbons (Fsp3) is 0.639. The molecule has 5 aliphatic heterocycles. The number of primary amides is 1. The summed E-state index contributed by atoms with van der Waals surface area (Å²) in [4.78, 5) is 330.